The van der Waals surface area contributed by atoms with Gasteiger partial charge in [0.1, 0.15) is 0 Å². The van der Waals surface area contributed by atoms with Gasteiger partial charge in [-0.15, -0.1) is 0 Å². The topological polar surface area (TPSA) is 12.0 Å². The minimum Gasteiger partial charge on any atom is -0.309 e. The fourth-order valence-corrected chi connectivity index (χ4v) is 2.19. The molecule has 0 radical (unpaired) electrons. The van der Waals surface area contributed by atoms with E-state index in [2.05, 4.69) is 18.5 Å². The fraction of sp³-hybridized carbons (Fsp3) is 0.500. The highest BCUT2D eigenvalue weighted by molar-refractivity contribution is 7.98. The van der Waals surface area contributed by atoms with Gasteiger partial charge in [-0.2, -0.15) is 11.8 Å². The predicted octanol–water partition coefficient (Wildman–Crippen LogP) is 4.40. The Balaban J connectivity index is 2.67. The zero-order chi connectivity index (χ0) is 12.0. The van der Waals surface area contributed by atoms with Crippen LogP contribution in [0.15, 0.2) is 18.2 Å². The van der Waals surface area contributed by atoms with Crippen molar-refractivity contribution in [3.05, 3.63) is 33.8 Å². The molecule has 1 atom stereocenters. The van der Waals surface area contributed by atoms with Crippen molar-refractivity contribution in [1.29, 1.82) is 0 Å². The number of halogens is 2. The molecule has 0 amide bonds. The summed E-state index contributed by atoms with van der Waals surface area (Å²) < 4.78 is 0. The highest BCUT2D eigenvalue weighted by Gasteiger charge is 2.09. The first-order valence-corrected chi connectivity index (χ1v) is 7.51. The van der Waals surface area contributed by atoms with E-state index < -0.39 is 0 Å². The molecule has 0 bridgehead atoms. The van der Waals surface area contributed by atoms with E-state index in [9.17, 15) is 0 Å². The largest absolute Gasteiger partial charge is 0.309 e. The molecule has 16 heavy (non-hydrogen) atoms. The normalized spacial score (nSPS) is 12.8. The third-order valence-corrected chi connectivity index (χ3v) is 3.80. The van der Waals surface area contributed by atoms with Crippen LogP contribution >= 0.6 is 35.0 Å². The molecule has 0 spiro atoms. The molecule has 4 heteroatoms. The van der Waals surface area contributed by atoms with Crippen molar-refractivity contribution >= 4 is 35.0 Å². The Morgan fingerprint density at radius 3 is 2.62 bits per heavy atom. The van der Waals surface area contributed by atoms with E-state index in [1.54, 1.807) is 0 Å². The van der Waals surface area contributed by atoms with Crippen LogP contribution < -0.4 is 5.32 Å². The second kappa shape index (κ2) is 7.44. The first-order valence-electron chi connectivity index (χ1n) is 5.36. The second-order valence-corrected chi connectivity index (χ2v) is 5.38. The third kappa shape index (κ3) is 4.17. The molecule has 0 aliphatic carbocycles. The summed E-state index contributed by atoms with van der Waals surface area (Å²) in [5, 5.41) is 4.75. The summed E-state index contributed by atoms with van der Waals surface area (Å²) in [6.07, 6.45) is 3.16. The molecule has 1 rings (SSSR count). The molecule has 1 unspecified atom stereocenters. The van der Waals surface area contributed by atoms with Gasteiger partial charge in [-0.05, 0) is 30.4 Å². The summed E-state index contributed by atoms with van der Waals surface area (Å²) in [6, 6.07) is 6.21. The standard InChI is InChI=1S/C12H17Cl2NS/c1-3-12(15-6-7-16-2)9-4-5-10(13)11(14)8-9/h4-5,8,12,15H,3,6-7H2,1-2H3. The summed E-state index contributed by atoms with van der Waals surface area (Å²) in [5.41, 5.74) is 1.21. The maximum atomic E-state index is 6.01. The van der Waals surface area contributed by atoms with E-state index in [0.717, 1.165) is 18.7 Å². The van der Waals surface area contributed by atoms with Crippen molar-refractivity contribution in [3.63, 3.8) is 0 Å². The Morgan fingerprint density at radius 1 is 1.31 bits per heavy atom. The molecule has 1 aromatic rings. The van der Waals surface area contributed by atoms with Gasteiger partial charge in [0.05, 0.1) is 10.0 Å². The number of thioether (sulfide) groups is 1. The van der Waals surface area contributed by atoms with Gasteiger partial charge < -0.3 is 5.32 Å². The molecule has 90 valence electrons. The quantitative estimate of drug-likeness (QED) is 0.774. The van der Waals surface area contributed by atoms with E-state index >= 15 is 0 Å². The maximum Gasteiger partial charge on any atom is 0.0595 e. The van der Waals surface area contributed by atoms with Crippen molar-refractivity contribution in [2.45, 2.75) is 19.4 Å². The van der Waals surface area contributed by atoms with Gasteiger partial charge in [0.2, 0.25) is 0 Å². The number of rotatable bonds is 6. The average Bonchev–Trinajstić information content (AvgIpc) is 2.29. The molecule has 0 heterocycles. The Bertz CT molecular complexity index is 331. The smallest absolute Gasteiger partial charge is 0.0595 e. The third-order valence-electron chi connectivity index (χ3n) is 2.45. The summed E-state index contributed by atoms with van der Waals surface area (Å²) in [5.74, 6) is 1.12. The maximum absolute atomic E-state index is 6.01. The number of benzene rings is 1. The Labute approximate surface area is 112 Å². The molecule has 0 saturated heterocycles. The number of hydrogen-bond acceptors (Lipinski definition) is 2. The lowest BCUT2D eigenvalue weighted by Crippen LogP contribution is -2.23. The highest BCUT2D eigenvalue weighted by Crippen LogP contribution is 2.26. The van der Waals surface area contributed by atoms with Gasteiger partial charge >= 0.3 is 0 Å². The lowest BCUT2D eigenvalue weighted by Gasteiger charge is -2.17. The van der Waals surface area contributed by atoms with Crippen molar-refractivity contribution in [2.75, 3.05) is 18.6 Å². The van der Waals surface area contributed by atoms with Gasteiger partial charge in [0.15, 0.2) is 0 Å². The number of nitrogens with one attached hydrogen (secondary N) is 1. The van der Waals surface area contributed by atoms with Gasteiger partial charge in [-0.1, -0.05) is 36.2 Å². The fourth-order valence-electron chi connectivity index (χ4n) is 1.56. The van der Waals surface area contributed by atoms with Gasteiger partial charge in [-0.25, -0.2) is 0 Å². The van der Waals surface area contributed by atoms with E-state index in [4.69, 9.17) is 23.2 Å². The second-order valence-electron chi connectivity index (χ2n) is 3.58. The minimum atomic E-state index is 0.363. The predicted molar refractivity (Wildman–Crippen MR) is 75.9 cm³/mol. The van der Waals surface area contributed by atoms with Crippen molar-refractivity contribution in [3.8, 4) is 0 Å². The Hall–Kier alpha value is 0.110. The molecule has 0 aliphatic heterocycles. The van der Waals surface area contributed by atoms with Crippen LogP contribution in [0.25, 0.3) is 0 Å². The van der Waals surface area contributed by atoms with Gasteiger partial charge in [-0.3, -0.25) is 0 Å². The minimum absolute atomic E-state index is 0.363. The SMILES string of the molecule is CCC(NCCSC)c1ccc(Cl)c(Cl)c1. The van der Waals surface area contributed by atoms with Crippen molar-refractivity contribution < 1.29 is 0 Å². The van der Waals surface area contributed by atoms with Crippen LogP contribution in [0.5, 0.6) is 0 Å². The lowest BCUT2D eigenvalue weighted by molar-refractivity contribution is 0.540. The summed E-state index contributed by atoms with van der Waals surface area (Å²) >= 11 is 13.8. The molecular weight excluding hydrogens is 261 g/mol. The zero-order valence-corrected chi connectivity index (χ0v) is 11.9. The van der Waals surface area contributed by atoms with E-state index in [0.29, 0.717) is 16.1 Å². The monoisotopic (exact) mass is 277 g/mol. The van der Waals surface area contributed by atoms with E-state index in [1.165, 1.54) is 5.56 Å². The highest BCUT2D eigenvalue weighted by atomic mass is 35.5. The Morgan fingerprint density at radius 2 is 2.06 bits per heavy atom. The van der Waals surface area contributed by atoms with Crippen molar-refractivity contribution in [2.24, 2.45) is 0 Å². The van der Waals surface area contributed by atoms with Gasteiger partial charge in [0.25, 0.3) is 0 Å². The molecule has 0 saturated carbocycles. The average molecular weight is 278 g/mol. The van der Waals surface area contributed by atoms with Crippen LogP contribution in [-0.4, -0.2) is 18.6 Å². The van der Waals surface area contributed by atoms with Crippen LogP contribution in [0.1, 0.15) is 24.9 Å². The molecule has 1 nitrogen and oxygen atoms in total. The molecule has 1 aromatic carbocycles. The first kappa shape index (κ1) is 14.2. The van der Waals surface area contributed by atoms with E-state index in [1.807, 2.05) is 30.0 Å². The van der Waals surface area contributed by atoms with Crippen LogP contribution in [0.2, 0.25) is 10.0 Å². The van der Waals surface area contributed by atoms with E-state index in [-0.39, 0.29) is 0 Å². The van der Waals surface area contributed by atoms with Gasteiger partial charge in [0, 0.05) is 18.3 Å². The Kier molecular flexibility index (Phi) is 6.59. The number of hydrogen-bond donors (Lipinski definition) is 1. The zero-order valence-electron chi connectivity index (χ0n) is 9.59. The first-order chi connectivity index (χ1) is 7.69. The van der Waals surface area contributed by atoms with Crippen LogP contribution in [-0.2, 0) is 0 Å². The lowest BCUT2D eigenvalue weighted by atomic mass is 10.0. The molecule has 0 aliphatic rings. The molecule has 1 N–H and O–H groups in total. The van der Waals surface area contributed by atoms with Crippen LogP contribution in [0.3, 0.4) is 0 Å². The summed E-state index contributed by atoms with van der Waals surface area (Å²) in [7, 11) is 0. The van der Waals surface area contributed by atoms with Crippen molar-refractivity contribution in [1.82, 2.24) is 5.32 Å². The molecule has 0 aromatic heterocycles. The molecule has 0 fully saturated rings. The van der Waals surface area contributed by atoms with Crippen LogP contribution in [0.4, 0.5) is 0 Å². The molecular formula is C12H17Cl2NS. The van der Waals surface area contributed by atoms with Crippen LogP contribution in [0, 0.1) is 0 Å². The summed E-state index contributed by atoms with van der Waals surface area (Å²) in [6.45, 7) is 3.18. The summed E-state index contributed by atoms with van der Waals surface area (Å²) in [4.78, 5) is 0.